The topological polar surface area (TPSA) is 93.5 Å². The quantitative estimate of drug-likeness (QED) is 0.586. The Hall–Kier alpha value is -3.61. The molecule has 1 aromatic heterocycles. The summed E-state index contributed by atoms with van der Waals surface area (Å²) in [6, 6.07) is 17.2. The lowest BCUT2D eigenvalue weighted by atomic mass is 10.1. The molecular weight excluding hydrogens is 370 g/mol. The molecule has 7 nitrogen and oxygen atoms in total. The van der Waals surface area contributed by atoms with Gasteiger partial charge in [0.25, 0.3) is 0 Å². The van der Waals surface area contributed by atoms with Gasteiger partial charge in [0.15, 0.2) is 12.4 Å². The highest BCUT2D eigenvalue weighted by Gasteiger charge is 2.26. The van der Waals surface area contributed by atoms with E-state index in [9.17, 15) is 9.59 Å². The summed E-state index contributed by atoms with van der Waals surface area (Å²) in [5.74, 6) is 0.169. The van der Waals surface area contributed by atoms with Crippen LogP contribution >= 0.6 is 0 Å². The molecule has 0 bridgehead atoms. The molecular formula is C22H23N3O4. The van der Waals surface area contributed by atoms with Crippen molar-refractivity contribution in [1.82, 2.24) is 10.3 Å². The summed E-state index contributed by atoms with van der Waals surface area (Å²) in [4.78, 5) is 28.8. The number of carbonyl (C=O) groups excluding carboxylic acids is 2. The number of esters is 1. The summed E-state index contributed by atoms with van der Waals surface area (Å²) in [6.07, 6.45) is 1.59. The van der Waals surface area contributed by atoms with Gasteiger partial charge in [0.1, 0.15) is 6.04 Å². The first-order valence-electron chi connectivity index (χ1n) is 9.32. The highest BCUT2D eigenvalue weighted by atomic mass is 16.5. The summed E-state index contributed by atoms with van der Waals surface area (Å²) in [5, 5.41) is 5.35. The molecule has 0 unspecified atom stereocenters. The van der Waals surface area contributed by atoms with Crippen molar-refractivity contribution in [2.75, 3.05) is 5.32 Å². The number of carbonyl (C=O) groups is 2. The summed E-state index contributed by atoms with van der Waals surface area (Å²) < 4.78 is 10.9. The number of oxazole rings is 1. The molecule has 3 aromatic rings. The average Bonchev–Trinajstić information content (AvgIpc) is 3.20. The Morgan fingerprint density at radius 3 is 2.34 bits per heavy atom. The Balaban J connectivity index is 1.56. The molecule has 29 heavy (non-hydrogen) atoms. The molecule has 0 radical (unpaired) electrons. The first kappa shape index (κ1) is 20.1. The van der Waals surface area contributed by atoms with Crippen LogP contribution < -0.4 is 10.6 Å². The lowest BCUT2D eigenvalue weighted by Crippen LogP contribution is -2.47. The predicted molar refractivity (Wildman–Crippen MR) is 109 cm³/mol. The van der Waals surface area contributed by atoms with Crippen molar-refractivity contribution < 1.29 is 18.7 Å². The van der Waals surface area contributed by atoms with Crippen LogP contribution in [-0.2, 0) is 16.1 Å². The van der Waals surface area contributed by atoms with E-state index in [1.807, 2.05) is 62.4 Å². The predicted octanol–water partition coefficient (Wildman–Crippen LogP) is 4.23. The number of hydrogen-bond donors (Lipinski definition) is 2. The van der Waals surface area contributed by atoms with E-state index in [1.54, 1.807) is 18.3 Å². The maximum absolute atomic E-state index is 12.5. The highest BCUT2D eigenvalue weighted by molar-refractivity contribution is 5.92. The van der Waals surface area contributed by atoms with Gasteiger partial charge in [-0.1, -0.05) is 62.4 Å². The van der Waals surface area contributed by atoms with Crippen LogP contribution in [0.25, 0.3) is 11.3 Å². The van der Waals surface area contributed by atoms with E-state index in [0.29, 0.717) is 11.4 Å². The van der Waals surface area contributed by atoms with Gasteiger partial charge in [-0.3, -0.25) is 0 Å². The maximum Gasteiger partial charge on any atom is 0.329 e. The summed E-state index contributed by atoms with van der Waals surface area (Å²) in [5.41, 5.74) is 1.52. The normalized spacial score (nSPS) is 11.7. The standard InChI is InChI=1S/C22H23N3O4/c1-15(2)20(25-22(27)24-17-11-7-4-8-12-17)21(26)28-14-19-23-13-18(29-19)16-9-5-3-6-10-16/h3-13,15,20H,14H2,1-2H3,(H2,24,25,27)/t20-/m0/s1. The molecule has 2 aromatic carbocycles. The van der Waals surface area contributed by atoms with Crippen molar-refractivity contribution in [2.24, 2.45) is 5.92 Å². The Morgan fingerprint density at radius 1 is 1.03 bits per heavy atom. The van der Waals surface area contributed by atoms with E-state index >= 15 is 0 Å². The van der Waals surface area contributed by atoms with E-state index in [1.165, 1.54) is 0 Å². The second-order valence-electron chi connectivity index (χ2n) is 6.78. The minimum absolute atomic E-state index is 0.114. The number of aromatic nitrogens is 1. The Labute approximate surface area is 169 Å². The van der Waals surface area contributed by atoms with Gasteiger partial charge in [-0.15, -0.1) is 0 Å². The number of anilines is 1. The third-order valence-corrected chi connectivity index (χ3v) is 4.19. The van der Waals surface area contributed by atoms with Crippen LogP contribution in [0.15, 0.2) is 71.3 Å². The van der Waals surface area contributed by atoms with Gasteiger partial charge in [0.2, 0.25) is 5.89 Å². The first-order valence-corrected chi connectivity index (χ1v) is 9.32. The van der Waals surface area contributed by atoms with Gasteiger partial charge in [0, 0.05) is 11.3 Å². The van der Waals surface area contributed by atoms with Gasteiger partial charge in [0.05, 0.1) is 6.20 Å². The first-order chi connectivity index (χ1) is 14.0. The minimum atomic E-state index is -0.803. The Morgan fingerprint density at radius 2 is 1.69 bits per heavy atom. The fraction of sp³-hybridized carbons (Fsp3) is 0.227. The number of para-hydroxylation sites is 1. The molecule has 0 aliphatic heterocycles. The zero-order valence-corrected chi connectivity index (χ0v) is 16.3. The van der Waals surface area contributed by atoms with Crippen molar-refractivity contribution in [2.45, 2.75) is 26.5 Å². The molecule has 3 rings (SSSR count). The third-order valence-electron chi connectivity index (χ3n) is 4.19. The van der Waals surface area contributed by atoms with Gasteiger partial charge in [-0.2, -0.15) is 0 Å². The average molecular weight is 393 g/mol. The van der Waals surface area contributed by atoms with Crippen LogP contribution in [0.3, 0.4) is 0 Å². The number of urea groups is 1. The SMILES string of the molecule is CC(C)[C@H](NC(=O)Nc1ccccc1)C(=O)OCc1ncc(-c2ccccc2)o1. The summed E-state index contributed by atoms with van der Waals surface area (Å²) in [6.45, 7) is 3.54. The lowest BCUT2D eigenvalue weighted by molar-refractivity contribution is -0.149. The molecule has 2 amide bonds. The maximum atomic E-state index is 12.5. The summed E-state index contributed by atoms with van der Waals surface area (Å²) >= 11 is 0. The van der Waals surface area contributed by atoms with Crippen molar-refractivity contribution >= 4 is 17.7 Å². The molecule has 0 fully saturated rings. The molecule has 1 atom stereocenters. The number of amides is 2. The second kappa shape index (κ2) is 9.54. The molecule has 150 valence electrons. The van der Waals surface area contributed by atoms with Gasteiger partial charge in [-0.25, -0.2) is 14.6 Å². The van der Waals surface area contributed by atoms with E-state index in [-0.39, 0.29) is 18.4 Å². The Kier molecular flexibility index (Phi) is 6.63. The van der Waals surface area contributed by atoms with E-state index < -0.39 is 18.0 Å². The molecule has 0 saturated carbocycles. The van der Waals surface area contributed by atoms with Crippen LogP contribution in [0.2, 0.25) is 0 Å². The lowest BCUT2D eigenvalue weighted by Gasteiger charge is -2.20. The van der Waals surface area contributed by atoms with Crippen molar-refractivity contribution in [1.29, 1.82) is 0 Å². The second-order valence-corrected chi connectivity index (χ2v) is 6.78. The number of ether oxygens (including phenoxy) is 1. The van der Waals surface area contributed by atoms with Crippen LogP contribution in [0.5, 0.6) is 0 Å². The number of rotatable bonds is 7. The third kappa shape index (κ3) is 5.68. The van der Waals surface area contributed by atoms with Gasteiger partial charge >= 0.3 is 12.0 Å². The van der Waals surface area contributed by atoms with Crippen molar-refractivity contribution in [3.05, 3.63) is 72.8 Å². The number of nitrogens with zero attached hydrogens (tertiary/aromatic N) is 1. The minimum Gasteiger partial charge on any atom is -0.454 e. The fourth-order valence-electron chi connectivity index (χ4n) is 2.66. The van der Waals surface area contributed by atoms with Crippen molar-refractivity contribution in [3.63, 3.8) is 0 Å². The fourth-order valence-corrected chi connectivity index (χ4v) is 2.66. The molecule has 0 saturated heterocycles. The summed E-state index contributed by atoms with van der Waals surface area (Å²) in [7, 11) is 0. The van der Waals surface area contributed by atoms with E-state index in [0.717, 1.165) is 5.56 Å². The molecule has 0 spiro atoms. The van der Waals surface area contributed by atoms with Crippen LogP contribution in [0.4, 0.5) is 10.5 Å². The highest BCUT2D eigenvalue weighted by Crippen LogP contribution is 2.20. The molecule has 0 aliphatic rings. The number of nitrogens with one attached hydrogen (secondary N) is 2. The van der Waals surface area contributed by atoms with Gasteiger partial charge < -0.3 is 19.8 Å². The van der Waals surface area contributed by atoms with Crippen LogP contribution in [0.1, 0.15) is 19.7 Å². The van der Waals surface area contributed by atoms with Crippen molar-refractivity contribution in [3.8, 4) is 11.3 Å². The largest absolute Gasteiger partial charge is 0.454 e. The van der Waals surface area contributed by atoms with Crippen LogP contribution in [-0.4, -0.2) is 23.0 Å². The van der Waals surface area contributed by atoms with Crippen LogP contribution in [0, 0.1) is 5.92 Å². The zero-order valence-electron chi connectivity index (χ0n) is 16.3. The van der Waals surface area contributed by atoms with E-state index in [2.05, 4.69) is 15.6 Å². The Bertz CT molecular complexity index is 939. The molecule has 7 heteroatoms. The monoisotopic (exact) mass is 393 g/mol. The smallest absolute Gasteiger partial charge is 0.329 e. The van der Waals surface area contributed by atoms with E-state index in [4.69, 9.17) is 9.15 Å². The molecule has 2 N–H and O–H groups in total. The number of benzene rings is 2. The van der Waals surface area contributed by atoms with Gasteiger partial charge in [-0.05, 0) is 18.1 Å². The molecule has 1 heterocycles. The number of hydrogen-bond acceptors (Lipinski definition) is 5. The molecule has 0 aliphatic carbocycles. The zero-order chi connectivity index (χ0) is 20.6.